The summed E-state index contributed by atoms with van der Waals surface area (Å²) in [7, 11) is 0. The molecule has 0 radical (unpaired) electrons. The summed E-state index contributed by atoms with van der Waals surface area (Å²) < 4.78 is 14.8. The van der Waals surface area contributed by atoms with Gasteiger partial charge in [-0.15, -0.1) is 0 Å². The van der Waals surface area contributed by atoms with E-state index >= 15 is 0 Å². The van der Waals surface area contributed by atoms with E-state index in [0.29, 0.717) is 12.0 Å². The molecule has 92 valence electrons. The Labute approximate surface area is 106 Å². The molecular formula is C15H15FNO+. The number of benzene rings is 1. The van der Waals surface area contributed by atoms with Crippen molar-refractivity contribution in [2.45, 2.75) is 19.9 Å². The molecule has 0 amide bonds. The van der Waals surface area contributed by atoms with Crippen LogP contribution in [0.4, 0.5) is 4.39 Å². The van der Waals surface area contributed by atoms with E-state index in [1.807, 2.05) is 35.9 Å². The zero-order chi connectivity index (χ0) is 13.0. The minimum atomic E-state index is -0.324. The molecule has 0 bridgehead atoms. The van der Waals surface area contributed by atoms with Crippen LogP contribution in [0.1, 0.15) is 23.0 Å². The number of rotatable bonds is 4. The average molecular weight is 244 g/mol. The van der Waals surface area contributed by atoms with E-state index in [4.69, 9.17) is 0 Å². The van der Waals surface area contributed by atoms with Crippen LogP contribution >= 0.6 is 0 Å². The van der Waals surface area contributed by atoms with Gasteiger partial charge >= 0.3 is 0 Å². The molecule has 1 heterocycles. The van der Waals surface area contributed by atoms with E-state index in [1.54, 1.807) is 0 Å². The van der Waals surface area contributed by atoms with Gasteiger partial charge in [0.15, 0.2) is 17.7 Å². The summed E-state index contributed by atoms with van der Waals surface area (Å²) in [6.07, 6.45) is 2.29. The van der Waals surface area contributed by atoms with E-state index < -0.39 is 0 Å². The van der Waals surface area contributed by atoms with Gasteiger partial charge in [0.1, 0.15) is 12.4 Å². The number of halogens is 1. The Morgan fingerprint density at radius 2 is 1.89 bits per heavy atom. The van der Waals surface area contributed by atoms with Crippen LogP contribution in [-0.2, 0) is 13.0 Å². The second kappa shape index (κ2) is 5.54. The molecule has 0 saturated carbocycles. The highest BCUT2D eigenvalue weighted by atomic mass is 19.1. The second-order valence-electron chi connectivity index (χ2n) is 4.08. The van der Waals surface area contributed by atoms with Gasteiger partial charge in [0.25, 0.3) is 0 Å². The van der Waals surface area contributed by atoms with Crippen LogP contribution in [0.3, 0.4) is 0 Å². The summed E-state index contributed by atoms with van der Waals surface area (Å²) in [5, 5.41) is 0. The minimum absolute atomic E-state index is 0.00315. The van der Waals surface area contributed by atoms with Crippen LogP contribution in [0.2, 0.25) is 0 Å². The predicted molar refractivity (Wildman–Crippen MR) is 66.7 cm³/mol. The summed E-state index contributed by atoms with van der Waals surface area (Å²) in [6, 6.07) is 11.5. The van der Waals surface area contributed by atoms with Crippen molar-refractivity contribution in [1.82, 2.24) is 0 Å². The zero-order valence-electron chi connectivity index (χ0n) is 10.3. The van der Waals surface area contributed by atoms with Crippen molar-refractivity contribution < 1.29 is 13.8 Å². The Kier molecular flexibility index (Phi) is 3.82. The molecule has 0 saturated heterocycles. The molecule has 0 fully saturated rings. The quantitative estimate of drug-likeness (QED) is 0.598. The van der Waals surface area contributed by atoms with Crippen molar-refractivity contribution in [1.29, 1.82) is 0 Å². The van der Waals surface area contributed by atoms with Gasteiger partial charge in [0, 0.05) is 17.7 Å². The molecule has 0 N–H and O–H groups in total. The van der Waals surface area contributed by atoms with E-state index in [1.165, 1.54) is 24.3 Å². The molecule has 1 aromatic heterocycles. The highest BCUT2D eigenvalue weighted by Crippen LogP contribution is 2.06. The maximum Gasteiger partial charge on any atom is 0.189 e. The molecule has 1 aromatic carbocycles. The lowest BCUT2D eigenvalue weighted by Crippen LogP contribution is -2.37. The van der Waals surface area contributed by atoms with Crippen LogP contribution in [0.5, 0.6) is 0 Å². The number of aromatic nitrogens is 1. The number of carbonyl (C=O) groups excluding carboxylic acids is 1. The van der Waals surface area contributed by atoms with Crippen molar-refractivity contribution in [2.75, 3.05) is 0 Å². The third-order valence-electron chi connectivity index (χ3n) is 2.88. The van der Waals surface area contributed by atoms with Crippen molar-refractivity contribution in [2.24, 2.45) is 0 Å². The Balaban J connectivity index is 2.18. The third-order valence-corrected chi connectivity index (χ3v) is 2.88. The monoisotopic (exact) mass is 244 g/mol. The van der Waals surface area contributed by atoms with E-state index in [-0.39, 0.29) is 11.6 Å². The van der Waals surface area contributed by atoms with E-state index in [0.717, 1.165) is 12.2 Å². The van der Waals surface area contributed by atoms with Gasteiger partial charge in [0.05, 0.1) is 6.42 Å². The standard InChI is InChI=1S/C15H15FNO/c1-2-17-10-4-3-5-14(17)11-15(18)12-6-8-13(16)9-7-12/h3-10H,2,11H2,1H3/q+1. The van der Waals surface area contributed by atoms with Crippen LogP contribution in [0, 0.1) is 5.82 Å². The van der Waals surface area contributed by atoms with E-state index in [9.17, 15) is 9.18 Å². The first-order valence-electron chi connectivity index (χ1n) is 5.97. The van der Waals surface area contributed by atoms with Crippen LogP contribution in [0.15, 0.2) is 48.7 Å². The van der Waals surface area contributed by atoms with Gasteiger partial charge in [-0.25, -0.2) is 8.96 Å². The van der Waals surface area contributed by atoms with Crippen LogP contribution in [0.25, 0.3) is 0 Å². The predicted octanol–water partition coefficient (Wildman–Crippen LogP) is 2.56. The fourth-order valence-corrected chi connectivity index (χ4v) is 1.88. The van der Waals surface area contributed by atoms with Crippen LogP contribution < -0.4 is 4.57 Å². The maximum atomic E-state index is 12.8. The topological polar surface area (TPSA) is 20.9 Å². The summed E-state index contributed by atoms with van der Waals surface area (Å²) in [4.78, 5) is 12.1. The van der Waals surface area contributed by atoms with Gasteiger partial charge in [-0.3, -0.25) is 4.79 Å². The molecule has 0 aliphatic rings. The Hall–Kier alpha value is -2.03. The fourth-order valence-electron chi connectivity index (χ4n) is 1.88. The Bertz CT molecular complexity index is 549. The second-order valence-corrected chi connectivity index (χ2v) is 4.08. The largest absolute Gasteiger partial charge is 0.294 e. The minimum Gasteiger partial charge on any atom is -0.294 e. The summed E-state index contributed by atoms with van der Waals surface area (Å²) >= 11 is 0. The highest BCUT2D eigenvalue weighted by Gasteiger charge is 2.14. The highest BCUT2D eigenvalue weighted by molar-refractivity contribution is 5.97. The SMILES string of the molecule is CC[n+]1ccccc1CC(=O)c1ccc(F)cc1. The first-order valence-corrected chi connectivity index (χ1v) is 5.97. The molecule has 0 aliphatic carbocycles. The molecule has 0 atom stereocenters. The third kappa shape index (κ3) is 2.80. The molecule has 18 heavy (non-hydrogen) atoms. The lowest BCUT2D eigenvalue weighted by molar-refractivity contribution is -0.700. The fraction of sp³-hybridized carbons (Fsp3) is 0.200. The Morgan fingerprint density at radius 3 is 2.56 bits per heavy atom. The molecule has 0 unspecified atom stereocenters. The smallest absolute Gasteiger partial charge is 0.189 e. The molecule has 3 heteroatoms. The van der Waals surface area contributed by atoms with Crippen molar-refractivity contribution in [3.05, 3.63) is 65.7 Å². The Morgan fingerprint density at radius 1 is 1.17 bits per heavy atom. The summed E-state index contributed by atoms with van der Waals surface area (Å²) in [5.41, 5.74) is 1.51. The number of aryl methyl sites for hydroxylation is 1. The number of pyridine rings is 1. The summed E-state index contributed by atoms with van der Waals surface area (Å²) in [5.74, 6) is -0.321. The first-order chi connectivity index (χ1) is 8.70. The molecule has 0 aliphatic heterocycles. The average Bonchev–Trinajstić information content (AvgIpc) is 2.40. The van der Waals surface area contributed by atoms with Gasteiger partial charge in [-0.1, -0.05) is 6.07 Å². The number of carbonyl (C=O) groups is 1. The first kappa shape index (κ1) is 12.4. The van der Waals surface area contributed by atoms with Crippen molar-refractivity contribution in [3.8, 4) is 0 Å². The zero-order valence-corrected chi connectivity index (χ0v) is 10.3. The summed E-state index contributed by atoms with van der Waals surface area (Å²) in [6.45, 7) is 2.86. The molecular weight excluding hydrogens is 229 g/mol. The van der Waals surface area contributed by atoms with Crippen molar-refractivity contribution >= 4 is 5.78 Å². The molecule has 2 nitrogen and oxygen atoms in total. The number of ketones is 1. The number of hydrogen-bond acceptors (Lipinski definition) is 1. The van der Waals surface area contributed by atoms with Gasteiger partial charge < -0.3 is 0 Å². The van der Waals surface area contributed by atoms with Crippen LogP contribution in [-0.4, -0.2) is 5.78 Å². The molecule has 2 aromatic rings. The lowest BCUT2D eigenvalue weighted by atomic mass is 10.1. The molecule has 2 rings (SSSR count). The number of Topliss-reactive ketones (excluding diaryl/α,β-unsaturated/α-hetero) is 1. The number of hydrogen-bond donors (Lipinski definition) is 0. The lowest BCUT2D eigenvalue weighted by Gasteiger charge is -2.02. The normalized spacial score (nSPS) is 10.3. The van der Waals surface area contributed by atoms with E-state index in [2.05, 4.69) is 0 Å². The number of nitrogens with zero attached hydrogens (tertiary/aromatic N) is 1. The van der Waals surface area contributed by atoms with Crippen molar-refractivity contribution in [3.63, 3.8) is 0 Å². The van der Waals surface area contributed by atoms with Gasteiger partial charge in [-0.2, -0.15) is 0 Å². The van der Waals surface area contributed by atoms with Gasteiger partial charge in [-0.05, 0) is 31.2 Å². The van der Waals surface area contributed by atoms with Gasteiger partial charge in [0.2, 0.25) is 0 Å². The molecule has 0 spiro atoms. The maximum absolute atomic E-state index is 12.8.